The van der Waals surface area contributed by atoms with Crippen LogP contribution in [0, 0.1) is 0 Å². The van der Waals surface area contributed by atoms with Crippen molar-refractivity contribution in [2.24, 2.45) is 0 Å². The van der Waals surface area contributed by atoms with Crippen LogP contribution in [-0.4, -0.2) is 19.9 Å². The molecular weight excluding hydrogens is 488 g/mol. The van der Waals surface area contributed by atoms with Gasteiger partial charge >= 0.3 is 0 Å². The molecule has 206 valence electrons. The molecule has 8 bridgehead atoms. The summed E-state index contributed by atoms with van der Waals surface area (Å²) in [7, 11) is 0. The summed E-state index contributed by atoms with van der Waals surface area (Å²) in [6.07, 6.45) is 9.91. The lowest BCUT2D eigenvalue weighted by atomic mass is 9.97. The SMILES string of the molecule is C=Cc1c(CC)c2cc3nc(c4c5nc(cc6[nH]c(cc1[nH]2)c(CC)c6CC)C(CC)=C5CC4)C(CC)=C3CC. The normalized spacial score (nSPS) is 14.6. The van der Waals surface area contributed by atoms with Gasteiger partial charge in [0, 0.05) is 33.2 Å². The number of aryl methyl sites for hydroxylation is 3. The molecule has 0 unspecified atom stereocenters. The van der Waals surface area contributed by atoms with Crippen LogP contribution in [-0.2, 0) is 25.7 Å². The molecule has 3 aromatic rings. The number of rotatable bonds is 7. The lowest BCUT2D eigenvalue weighted by Crippen LogP contribution is -1.92. The number of nitrogens with one attached hydrogen (secondary N) is 2. The summed E-state index contributed by atoms with van der Waals surface area (Å²) in [5, 5.41) is 0. The highest BCUT2D eigenvalue weighted by Crippen LogP contribution is 2.46. The molecule has 2 N–H and O–H groups in total. The minimum Gasteiger partial charge on any atom is -0.355 e. The van der Waals surface area contributed by atoms with E-state index in [0.29, 0.717) is 0 Å². The van der Waals surface area contributed by atoms with Gasteiger partial charge in [-0.2, -0.15) is 0 Å². The van der Waals surface area contributed by atoms with Gasteiger partial charge in [-0.15, -0.1) is 0 Å². The minimum absolute atomic E-state index is 0.929. The number of aromatic nitrogens is 4. The Hall–Kier alpha value is -3.66. The molecule has 40 heavy (non-hydrogen) atoms. The molecule has 6 rings (SSSR count). The third-order valence-electron chi connectivity index (χ3n) is 9.25. The molecule has 0 radical (unpaired) electrons. The maximum absolute atomic E-state index is 5.38. The lowest BCUT2D eigenvalue weighted by Gasteiger charge is -2.05. The van der Waals surface area contributed by atoms with Crippen LogP contribution in [0.15, 0.2) is 24.8 Å². The van der Waals surface area contributed by atoms with Crippen LogP contribution in [0.5, 0.6) is 0 Å². The standard InChI is InChI=1S/C36H42N4/c1-8-20-22(10-3)31-18-33-24(12-5)26(14-7)35(39-33)28-16-15-27-25(13-6)34(40-36(27)28)19-32-23(11-4)21(9-2)30(38-32)17-29(20)37-31/h8,17-19,37-38H,1,9-16H2,2-7H3. The Kier molecular flexibility index (Phi) is 6.90. The van der Waals surface area contributed by atoms with Crippen molar-refractivity contribution >= 4 is 50.4 Å². The van der Waals surface area contributed by atoms with Gasteiger partial charge < -0.3 is 9.97 Å². The van der Waals surface area contributed by atoms with E-state index in [4.69, 9.17) is 9.97 Å². The molecule has 0 fully saturated rings. The predicted octanol–water partition coefficient (Wildman–Crippen LogP) is 9.64. The average Bonchev–Trinajstić information content (AvgIpc) is 3.74. The second-order valence-corrected chi connectivity index (χ2v) is 11.1. The second-order valence-electron chi connectivity index (χ2n) is 11.1. The van der Waals surface area contributed by atoms with Crippen molar-refractivity contribution < 1.29 is 0 Å². The number of aromatic amines is 2. The highest BCUT2D eigenvalue weighted by atomic mass is 14.8. The van der Waals surface area contributed by atoms with E-state index in [1.807, 2.05) is 6.08 Å². The molecule has 0 spiro atoms. The Bertz CT molecular complexity index is 1770. The first kappa shape index (κ1) is 26.6. The van der Waals surface area contributed by atoms with E-state index >= 15 is 0 Å². The zero-order chi connectivity index (χ0) is 28.1. The minimum atomic E-state index is 0.929. The molecule has 0 saturated carbocycles. The van der Waals surface area contributed by atoms with E-state index in [9.17, 15) is 0 Å². The molecule has 3 aromatic heterocycles. The first-order chi connectivity index (χ1) is 19.5. The quantitative estimate of drug-likeness (QED) is 0.319. The summed E-state index contributed by atoms with van der Waals surface area (Å²) in [5.74, 6) is 0. The van der Waals surface area contributed by atoms with Gasteiger partial charge in [0.2, 0.25) is 0 Å². The highest BCUT2D eigenvalue weighted by molar-refractivity contribution is 5.99. The third kappa shape index (κ3) is 3.87. The molecule has 0 amide bonds. The Morgan fingerprint density at radius 1 is 0.625 bits per heavy atom. The number of fused-ring (bicyclic) bond motifs is 8. The van der Waals surface area contributed by atoms with Crippen molar-refractivity contribution in [3.8, 4) is 0 Å². The maximum atomic E-state index is 5.38. The fourth-order valence-electron chi connectivity index (χ4n) is 7.42. The fourth-order valence-corrected chi connectivity index (χ4v) is 7.42. The fraction of sp³-hybridized carbons (Fsp3) is 0.389. The zero-order valence-corrected chi connectivity index (χ0v) is 25.1. The molecule has 1 aliphatic carbocycles. The monoisotopic (exact) mass is 530 g/mol. The summed E-state index contributed by atoms with van der Waals surface area (Å²) < 4.78 is 0. The molecule has 4 nitrogen and oxygen atoms in total. The summed E-state index contributed by atoms with van der Waals surface area (Å²) in [5.41, 5.74) is 21.4. The molecule has 4 heteroatoms. The maximum Gasteiger partial charge on any atom is 0.0726 e. The van der Waals surface area contributed by atoms with Gasteiger partial charge in [-0.25, -0.2) is 9.97 Å². The average molecular weight is 531 g/mol. The Morgan fingerprint density at radius 2 is 1.18 bits per heavy atom. The van der Waals surface area contributed by atoms with Crippen LogP contribution in [0.1, 0.15) is 118 Å². The van der Waals surface area contributed by atoms with Crippen molar-refractivity contribution in [2.45, 2.75) is 92.9 Å². The van der Waals surface area contributed by atoms with Gasteiger partial charge in [0.25, 0.3) is 0 Å². The Morgan fingerprint density at radius 3 is 1.77 bits per heavy atom. The molecule has 0 atom stereocenters. The highest BCUT2D eigenvalue weighted by Gasteiger charge is 2.31. The number of nitrogens with zero attached hydrogens (tertiary/aromatic N) is 2. The van der Waals surface area contributed by atoms with Gasteiger partial charge in [0.1, 0.15) is 0 Å². The third-order valence-corrected chi connectivity index (χ3v) is 9.25. The van der Waals surface area contributed by atoms with Crippen LogP contribution in [0.25, 0.3) is 50.4 Å². The van der Waals surface area contributed by atoms with E-state index in [1.165, 1.54) is 72.5 Å². The van der Waals surface area contributed by atoms with Crippen LogP contribution in [0.4, 0.5) is 0 Å². The second kappa shape index (κ2) is 10.4. The van der Waals surface area contributed by atoms with E-state index in [0.717, 1.165) is 73.8 Å². The largest absolute Gasteiger partial charge is 0.355 e. The van der Waals surface area contributed by atoms with Gasteiger partial charge in [-0.05, 0) is 109 Å². The topological polar surface area (TPSA) is 57.4 Å². The van der Waals surface area contributed by atoms with Crippen LogP contribution >= 0.6 is 0 Å². The van der Waals surface area contributed by atoms with Crippen molar-refractivity contribution in [2.75, 3.05) is 0 Å². The number of allylic oxidation sites excluding steroid dienone is 4. The van der Waals surface area contributed by atoms with Crippen LogP contribution in [0.2, 0.25) is 0 Å². The molecular formula is C36H42N4. The smallest absolute Gasteiger partial charge is 0.0726 e. The Labute approximate surface area is 238 Å². The summed E-state index contributed by atoms with van der Waals surface area (Å²) >= 11 is 0. The van der Waals surface area contributed by atoms with Crippen LogP contribution < -0.4 is 0 Å². The van der Waals surface area contributed by atoms with Gasteiger partial charge in [0.05, 0.1) is 22.8 Å². The number of H-pyrrole nitrogens is 2. The summed E-state index contributed by atoms with van der Waals surface area (Å²) in [4.78, 5) is 18.4. The van der Waals surface area contributed by atoms with Crippen molar-refractivity contribution in [1.29, 1.82) is 0 Å². The van der Waals surface area contributed by atoms with E-state index < -0.39 is 0 Å². The first-order valence-corrected chi connectivity index (χ1v) is 15.4. The van der Waals surface area contributed by atoms with Crippen molar-refractivity contribution in [3.05, 3.63) is 75.4 Å². The van der Waals surface area contributed by atoms with E-state index in [-0.39, 0.29) is 0 Å². The summed E-state index contributed by atoms with van der Waals surface area (Å²) in [6, 6.07) is 6.90. The van der Waals surface area contributed by atoms with Crippen molar-refractivity contribution in [3.63, 3.8) is 0 Å². The van der Waals surface area contributed by atoms with Crippen LogP contribution in [0.3, 0.4) is 0 Å². The zero-order valence-electron chi connectivity index (χ0n) is 25.1. The molecule has 2 aliphatic heterocycles. The van der Waals surface area contributed by atoms with E-state index in [1.54, 1.807) is 0 Å². The van der Waals surface area contributed by atoms with Gasteiger partial charge in [0.15, 0.2) is 0 Å². The lowest BCUT2D eigenvalue weighted by molar-refractivity contribution is 1.04. The predicted molar refractivity (Wildman–Crippen MR) is 172 cm³/mol. The number of hydrogen-bond donors (Lipinski definition) is 2. The van der Waals surface area contributed by atoms with E-state index in [2.05, 4.69) is 76.3 Å². The molecule has 5 heterocycles. The Balaban J connectivity index is 1.86. The van der Waals surface area contributed by atoms with Gasteiger partial charge in [-0.1, -0.05) is 54.2 Å². The molecule has 0 saturated heterocycles. The van der Waals surface area contributed by atoms with Gasteiger partial charge in [-0.3, -0.25) is 0 Å². The van der Waals surface area contributed by atoms with Crippen molar-refractivity contribution in [1.82, 2.24) is 19.9 Å². The molecule has 0 aromatic carbocycles. The summed E-state index contributed by atoms with van der Waals surface area (Å²) in [6.45, 7) is 17.8. The first-order valence-electron chi connectivity index (χ1n) is 15.4. The molecule has 3 aliphatic rings. The number of hydrogen-bond acceptors (Lipinski definition) is 2.